The molecule has 3 rings (SSSR count). The second-order valence-corrected chi connectivity index (χ2v) is 11.0. The van der Waals surface area contributed by atoms with E-state index < -0.39 is 14.6 Å². The molecular weight excluding hydrogens is 364 g/mol. The minimum Gasteiger partial charge on any atom is -0.228 e. The van der Waals surface area contributed by atoms with Gasteiger partial charge in [-0.2, -0.15) is 0 Å². The van der Waals surface area contributed by atoms with Crippen LogP contribution in [0.5, 0.6) is 0 Å². The van der Waals surface area contributed by atoms with Crippen molar-refractivity contribution in [2.75, 3.05) is 0 Å². The summed E-state index contributed by atoms with van der Waals surface area (Å²) in [6, 6.07) is 27.1. The third kappa shape index (κ3) is 5.11. The molecule has 0 radical (unpaired) electrons. The molecule has 0 fully saturated rings. The van der Waals surface area contributed by atoms with Crippen molar-refractivity contribution in [3.63, 3.8) is 0 Å². The van der Waals surface area contributed by atoms with Gasteiger partial charge in [0, 0.05) is 0 Å². The fraction of sp³-hybridized carbons (Fsp3) is 0.280. The van der Waals surface area contributed by atoms with Gasteiger partial charge >= 0.3 is 0 Å². The maximum atomic E-state index is 12.3. The molecule has 0 saturated heterocycles. The third-order valence-electron chi connectivity index (χ3n) is 5.08. The van der Waals surface area contributed by atoms with Crippen molar-refractivity contribution in [1.82, 2.24) is 0 Å². The van der Waals surface area contributed by atoms with Crippen molar-refractivity contribution in [2.45, 2.75) is 44.1 Å². The number of sulfone groups is 1. The summed E-state index contributed by atoms with van der Waals surface area (Å²) in [4.78, 5) is 0. The Balaban J connectivity index is 1.59. The first-order chi connectivity index (χ1) is 13.2. The fourth-order valence-corrected chi connectivity index (χ4v) is 4.09. The molecule has 28 heavy (non-hydrogen) atoms. The smallest absolute Gasteiger partial charge is 0.159 e. The Morgan fingerprint density at radius 3 is 1.54 bits per heavy atom. The third-order valence-corrected chi connectivity index (χ3v) is 7.66. The molecule has 0 bridgehead atoms. The average molecular weight is 393 g/mol. The van der Waals surface area contributed by atoms with Gasteiger partial charge in [-0.1, -0.05) is 78.9 Å². The number of benzene rings is 3. The SMILES string of the molecule is CC(C)(C)S(=O)(=O)Cc1ccc(CCc2ccc(-c3ccccc3)cc2)cc1. The van der Waals surface area contributed by atoms with Gasteiger partial charge in [0.2, 0.25) is 0 Å². The molecule has 2 nitrogen and oxygen atoms in total. The summed E-state index contributed by atoms with van der Waals surface area (Å²) in [5, 5.41) is 0. The molecule has 0 saturated carbocycles. The van der Waals surface area contributed by atoms with Gasteiger partial charge in [-0.25, -0.2) is 8.42 Å². The van der Waals surface area contributed by atoms with E-state index in [1.807, 2.05) is 30.3 Å². The van der Waals surface area contributed by atoms with Crippen LogP contribution in [0.4, 0.5) is 0 Å². The number of rotatable bonds is 6. The normalized spacial score (nSPS) is 12.1. The van der Waals surface area contributed by atoms with Gasteiger partial charge < -0.3 is 0 Å². The lowest BCUT2D eigenvalue weighted by molar-refractivity contribution is 0.559. The zero-order valence-electron chi connectivity index (χ0n) is 16.9. The molecule has 0 aromatic heterocycles. The lowest BCUT2D eigenvalue weighted by Crippen LogP contribution is -2.29. The van der Waals surface area contributed by atoms with Crippen molar-refractivity contribution < 1.29 is 8.42 Å². The van der Waals surface area contributed by atoms with Crippen LogP contribution in [0.3, 0.4) is 0 Å². The van der Waals surface area contributed by atoms with E-state index in [0.717, 1.165) is 18.4 Å². The number of hydrogen-bond donors (Lipinski definition) is 0. The van der Waals surface area contributed by atoms with E-state index in [4.69, 9.17) is 0 Å². The van der Waals surface area contributed by atoms with Crippen molar-refractivity contribution in [3.8, 4) is 11.1 Å². The summed E-state index contributed by atoms with van der Waals surface area (Å²) in [6.45, 7) is 5.25. The van der Waals surface area contributed by atoms with Gasteiger partial charge in [0.15, 0.2) is 9.84 Å². The van der Waals surface area contributed by atoms with Crippen molar-refractivity contribution in [1.29, 1.82) is 0 Å². The Kier molecular flexibility index (Phi) is 6.04. The Morgan fingerprint density at radius 2 is 1.04 bits per heavy atom. The van der Waals surface area contributed by atoms with Crippen molar-refractivity contribution >= 4 is 9.84 Å². The molecule has 0 unspecified atom stereocenters. The molecule has 0 N–H and O–H groups in total. The first-order valence-electron chi connectivity index (χ1n) is 9.69. The minimum atomic E-state index is -3.15. The molecular formula is C25H28O2S. The van der Waals surface area contributed by atoms with Gasteiger partial charge in [0.25, 0.3) is 0 Å². The summed E-state index contributed by atoms with van der Waals surface area (Å²) in [6.07, 6.45) is 1.91. The monoisotopic (exact) mass is 392 g/mol. The summed E-state index contributed by atoms with van der Waals surface area (Å²) in [7, 11) is -3.15. The molecule has 0 atom stereocenters. The van der Waals surface area contributed by atoms with E-state index in [9.17, 15) is 8.42 Å². The summed E-state index contributed by atoms with van der Waals surface area (Å²) < 4.78 is 24.0. The Morgan fingerprint density at radius 1 is 0.607 bits per heavy atom. The molecule has 0 spiro atoms. The quantitative estimate of drug-likeness (QED) is 0.527. The van der Waals surface area contributed by atoms with Gasteiger partial charge in [0.05, 0.1) is 10.5 Å². The van der Waals surface area contributed by atoms with Crippen LogP contribution in [0.1, 0.15) is 37.5 Å². The zero-order valence-corrected chi connectivity index (χ0v) is 17.7. The fourth-order valence-electron chi connectivity index (χ4n) is 3.02. The van der Waals surface area contributed by atoms with E-state index in [1.165, 1.54) is 22.3 Å². The van der Waals surface area contributed by atoms with Gasteiger partial charge in [-0.05, 0) is 61.4 Å². The lowest BCUT2D eigenvalue weighted by Gasteiger charge is -2.19. The minimum absolute atomic E-state index is 0.0950. The Bertz CT molecular complexity index is 995. The molecule has 0 amide bonds. The highest BCUT2D eigenvalue weighted by atomic mass is 32.2. The van der Waals surface area contributed by atoms with Crippen LogP contribution in [0.2, 0.25) is 0 Å². The lowest BCUT2D eigenvalue weighted by atomic mass is 10.00. The molecule has 3 aromatic rings. The molecule has 0 aliphatic heterocycles. The van der Waals surface area contributed by atoms with Crippen LogP contribution in [0.25, 0.3) is 11.1 Å². The second-order valence-electron chi connectivity index (χ2n) is 8.25. The summed E-state index contributed by atoms with van der Waals surface area (Å²) in [5.41, 5.74) is 5.85. The van der Waals surface area contributed by atoms with Crippen LogP contribution in [0.15, 0.2) is 78.9 Å². The first kappa shape index (κ1) is 20.3. The maximum absolute atomic E-state index is 12.3. The standard InChI is InChI=1S/C25H28O2S/c1-25(2,3)28(26,27)19-22-13-11-20(12-14-22)9-10-21-15-17-24(18-16-21)23-7-5-4-6-8-23/h4-8,11-18H,9-10,19H2,1-3H3. The highest BCUT2D eigenvalue weighted by Gasteiger charge is 2.28. The van der Waals surface area contributed by atoms with E-state index in [0.29, 0.717) is 0 Å². The number of aryl methyl sites for hydroxylation is 2. The van der Waals surface area contributed by atoms with Gasteiger partial charge in [0.1, 0.15) is 0 Å². The topological polar surface area (TPSA) is 34.1 Å². The molecule has 0 heterocycles. The van der Waals surface area contributed by atoms with E-state index in [2.05, 4.69) is 48.5 Å². The largest absolute Gasteiger partial charge is 0.228 e. The van der Waals surface area contributed by atoms with E-state index >= 15 is 0 Å². The predicted octanol–water partition coefficient (Wildman–Crippen LogP) is 5.85. The van der Waals surface area contributed by atoms with Crippen molar-refractivity contribution in [3.05, 3.63) is 95.6 Å². The van der Waals surface area contributed by atoms with Crippen LogP contribution in [-0.4, -0.2) is 13.2 Å². The highest BCUT2D eigenvalue weighted by Crippen LogP contribution is 2.22. The molecule has 0 aliphatic carbocycles. The van der Waals surface area contributed by atoms with E-state index in [1.54, 1.807) is 20.8 Å². The van der Waals surface area contributed by atoms with Crippen LogP contribution in [-0.2, 0) is 28.4 Å². The van der Waals surface area contributed by atoms with E-state index in [-0.39, 0.29) is 5.75 Å². The van der Waals surface area contributed by atoms with Gasteiger partial charge in [-0.3, -0.25) is 0 Å². The number of hydrogen-bond acceptors (Lipinski definition) is 2. The maximum Gasteiger partial charge on any atom is 0.159 e. The van der Waals surface area contributed by atoms with Crippen LogP contribution in [0, 0.1) is 0 Å². The molecule has 3 aromatic carbocycles. The predicted molar refractivity (Wildman–Crippen MR) is 118 cm³/mol. The molecule has 146 valence electrons. The Labute approximate surface area is 169 Å². The van der Waals surface area contributed by atoms with Crippen LogP contribution >= 0.6 is 0 Å². The van der Waals surface area contributed by atoms with Crippen molar-refractivity contribution in [2.24, 2.45) is 0 Å². The molecule has 0 aliphatic rings. The first-order valence-corrected chi connectivity index (χ1v) is 11.3. The molecule has 3 heteroatoms. The highest BCUT2D eigenvalue weighted by molar-refractivity contribution is 7.91. The van der Waals surface area contributed by atoms with Crippen LogP contribution < -0.4 is 0 Å². The average Bonchev–Trinajstić information content (AvgIpc) is 2.67. The summed E-state index contributed by atoms with van der Waals surface area (Å²) in [5.74, 6) is 0.0950. The summed E-state index contributed by atoms with van der Waals surface area (Å²) >= 11 is 0. The second kappa shape index (κ2) is 8.32. The zero-order chi connectivity index (χ0) is 20.2. The van der Waals surface area contributed by atoms with Gasteiger partial charge in [-0.15, -0.1) is 0 Å². The Hall–Kier alpha value is -2.39.